The summed E-state index contributed by atoms with van der Waals surface area (Å²) in [5.74, 6) is -0.182. The summed E-state index contributed by atoms with van der Waals surface area (Å²) in [5.41, 5.74) is 6.38. The van der Waals surface area contributed by atoms with Crippen LogP contribution in [-0.2, 0) is 4.79 Å². The molecule has 0 fully saturated rings. The number of nitrogens with two attached hydrogens (primary N) is 1. The number of H-pyrrole nitrogens is 1. The Balaban J connectivity index is 1.98. The first-order valence-electron chi connectivity index (χ1n) is 6.56. The number of hydrogen-bond acceptors (Lipinski definition) is 5. The SMILES string of the molecule is CC(C)(C)[C@@H](N)C(=O)Nc1ccc(Sc2ncn[nH]2)cc1. The number of benzene rings is 1. The summed E-state index contributed by atoms with van der Waals surface area (Å²) < 4.78 is 0. The van der Waals surface area contributed by atoms with Crippen molar-refractivity contribution in [2.24, 2.45) is 11.1 Å². The lowest BCUT2D eigenvalue weighted by molar-refractivity contribution is -0.119. The fourth-order valence-corrected chi connectivity index (χ4v) is 2.27. The van der Waals surface area contributed by atoms with Gasteiger partial charge in [0, 0.05) is 10.6 Å². The molecule has 0 spiro atoms. The highest BCUT2D eigenvalue weighted by molar-refractivity contribution is 7.99. The average molecular weight is 305 g/mol. The molecule has 0 saturated heterocycles. The van der Waals surface area contributed by atoms with E-state index in [0.29, 0.717) is 0 Å². The van der Waals surface area contributed by atoms with Gasteiger partial charge in [-0.05, 0) is 29.7 Å². The third-order valence-electron chi connectivity index (χ3n) is 2.94. The van der Waals surface area contributed by atoms with Gasteiger partial charge in [0.15, 0.2) is 5.16 Å². The molecule has 112 valence electrons. The van der Waals surface area contributed by atoms with Crippen LogP contribution in [0.5, 0.6) is 0 Å². The maximum atomic E-state index is 12.0. The van der Waals surface area contributed by atoms with Crippen molar-refractivity contribution in [3.63, 3.8) is 0 Å². The van der Waals surface area contributed by atoms with E-state index in [-0.39, 0.29) is 11.3 Å². The number of aromatic nitrogens is 3. The smallest absolute Gasteiger partial charge is 0.241 e. The van der Waals surface area contributed by atoms with E-state index in [2.05, 4.69) is 20.5 Å². The van der Waals surface area contributed by atoms with Gasteiger partial charge in [0.1, 0.15) is 6.33 Å². The van der Waals surface area contributed by atoms with Crippen LogP contribution in [0.25, 0.3) is 0 Å². The molecule has 0 radical (unpaired) electrons. The molecule has 1 aromatic carbocycles. The predicted octanol–water partition coefficient (Wildman–Crippen LogP) is 2.27. The van der Waals surface area contributed by atoms with Crippen LogP contribution in [0.15, 0.2) is 40.6 Å². The summed E-state index contributed by atoms with van der Waals surface area (Å²) >= 11 is 1.47. The quantitative estimate of drug-likeness (QED) is 0.805. The highest BCUT2D eigenvalue weighted by Gasteiger charge is 2.27. The van der Waals surface area contributed by atoms with Crippen molar-refractivity contribution >= 4 is 23.4 Å². The summed E-state index contributed by atoms with van der Waals surface area (Å²) in [7, 11) is 0. The maximum Gasteiger partial charge on any atom is 0.241 e. The van der Waals surface area contributed by atoms with Crippen molar-refractivity contribution in [2.45, 2.75) is 36.9 Å². The number of carbonyl (C=O) groups excluding carboxylic acids is 1. The van der Waals surface area contributed by atoms with Crippen molar-refractivity contribution in [2.75, 3.05) is 5.32 Å². The first kappa shape index (κ1) is 15.5. The van der Waals surface area contributed by atoms with E-state index in [1.807, 2.05) is 45.0 Å². The number of nitrogens with one attached hydrogen (secondary N) is 2. The van der Waals surface area contributed by atoms with Crippen molar-refractivity contribution in [1.29, 1.82) is 0 Å². The highest BCUT2D eigenvalue weighted by Crippen LogP contribution is 2.25. The maximum absolute atomic E-state index is 12.0. The minimum absolute atomic E-state index is 0.182. The van der Waals surface area contributed by atoms with Crippen molar-refractivity contribution in [3.05, 3.63) is 30.6 Å². The molecule has 6 nitrogen and oxygen atoms in total. The van der Waals surface area contributed by atoms with Gasteiger partial charge in [-0.25, -0.2) is 4.98 Å². The van der Waals surface area contributed by atoms with Crippen LogP contribution in [-0.4, -0.2) is 27.1 Å². The topological polar surface area (TPSA) is 96.7 Å². The minimum Gasteiger partial charge on any atom is -0.325 e. The summed E-state index contributed by atoms with van der Waals surface area (Å²) in [4.78, 5) is 17.1. The lowest BCUT2D eigenvalue weighted by atomic mass is 9.87. The van der Waals surface area contributed by atoms with Crippen LogP contribution >= 0.6 is 11.8 Å². The Kier molecular flexibility index (Phi) is 4.64. The monoisotopic (exact) mass is 305 g/mol. The van der Waals surface area contributed by atoms with Gasteiger partial charge in [-0.15, -0.1) is 0 Å². The van der Waals surface area contributed by atoms with Gasteiger partial charge in [-0.2, -0.15) is 5.10 Å². The fourth-order valence-electron chi connectivity index (χ4n) is 1.57. The first-order valence-corrected chi connectivity index (χ1v) is 7.37. The second kappa shape index (κ2) is 6.28. The molecule has 1 atom stereocenters. The molecule has 21 heavy (non-hydrogen) atoms. The Labute approximate surface area is 127 Å². The Morgan fingerprint density at radius 3 is 2.52 bits per heavy atom. The summed E-state index contributed by atoms with van der Waals surface area (Å²) in [6.45, 7) is 5.82. The van der Waals surface area contributed by atoms with Crippen LogP contribution in [0.3, 0.4) is 0 Å². The van der Waals surface area contributed by atoms with Gasteiger partial charge < -0.3 is 11.1 Å². The van der Waals surface area contributed by atoms with Gasteiger partial charge in [-0.3, -0.25) is 9.89 Å². The number of nitrogens with zero attached hydrogens (tertiary/aromatic N) is 2. The summed E-state index contributed by atoms with van der Waals surface area (Å²) in [6, 6.07) is 6.94. The summed E-state index contributed by atoms with van der Waals surface area (Å²) in [5, 5.41) is 10.1. The number of amides is 1. The zero-order valence-corrected chi connectivity index (χ0v) is 13.1. The third kappa shape index (κ3) is 4.30. The Hall–Kier alpha value is -1.86. The minimum atomic E-state index is -0.555. The van der Waals surface area contributed by atoms with E-state index >= 15 is 0 Å². The normalized spacial score (nSPS) is 13.0. The largest absolute Gasteiger partial charge is 0.325 e. The number of hydrogen-bond donors (Lipinski definition) is 3. The molecule has 2 aromatic rings. The Morgan fingerprint density at radius 1 is 1.33 bits per heavy atom. The third-order valence-corrected chi connectivity index (χ3v) is 3.84. The Bertz CT molecular complexity index is 589. The molecule has 0 aliphatic heterocycles. The molecular weight excluding hydrogens is 286 g/mol. The molecule has 0 unspecified atom stereocenters. The molecule has 1 aromatic heterocycles. The van der Waals surface area contributed by atoms with Crippen molar-refractivity contribution in [1.82, 2.24) is 15.2 Å². The standard InChI is InChI=1S/C14H19N5OS/c1-14(2,3)11(15)12(20)18-9-4-6-10(7-5-9)21-13-16-8-17-19-13/h4-8,11H,15H2,1-3H3,(H,18,20)(H,16,17,19)/t11-/m0/s1. The van der Waals surface area contributed by atoms with E-state index in [1.165, 1.54) is 18.1 Å². The van der Waals surface area contributed by atoms with E-state index in [0.717, 1.165) is 15.7 Å². The Morgan fingerprint density at radius 2 is 2.00 bits per heavy atom. The zero-order valence-electron chi connectivity index (χ0n) is 12.3. The van der Waals surface area contributed by atoms with Crippen molar-refractivity contribution in [3.8, 4) is 0 Å². The molecule has 0 aliphatic carbocycles. The van der Waals surface area contributed by atoms with Gasteiger partial charge in [0.2, 0.25) is 5.91 Å². The molecule has 0 aliphatic rings. The fraction of sp³-hybridized carbons (Fsp3) is 0.357. The van der Waals surface area contributed by atoms with Crippen LogP contribution in [0.1, 0.15) is 20.8 Å². The van der Waals surface area contributed by atoms with Gasteiger partial charge in [-0.1, -0.05) is 32.5 Å². The lowest BCUT2D eigenvalue weighted by Gasteiger charge is -2.25. The second-order valence-corrected chi connectivity index (χ2v) is 6.81. The van der Waals surface area contributed by atoms with E-state index in [9.17, 15) is 4.79 Å². The van der Waals surface area contributed by atoms with Crippen LogP contribution in [0.4, 0.5) is 5.69 Å². The molecule has 4 N–H and O–H groups in total. The zero-order chi connectivity index (χ0) is 15.5. The number of anilines is 1. The number of aromatic amines is 1. The molecule has 2 rings (SSSR count). The van der Waals surface area contributed by atoms with Crippen LogP contribution < -0.4 is 11.1 Å². The van der Waals surface area contributed by atoms with Crippen LogP contribution in [0, 0.1) is 5.41 Å². The molecule has 7 heteroatoms. The number of rotatable bonds is 4. The van der Waals surface area contributed by atoms with E-state index < -0.39 is 6.04 Å². The second-order valence-electron chi connectivity index (χ2n) is 5.75. The molecular formula is C14H19N5OS. The molecule has 0 bridgehead atoms. The molecule has 0 saturated carbocycles. The average Bonchev–Trinajstić information content (AvgIpc) is 2.92. The van der Waals surface area contributed by atoms with Crippen LogP contribution in [0.2, 0.25) is 0 Å². The predicted molar refractivity (Wildman–Crippen MR) is 83.0 cm³/mol. The van der Waals surface area contributed by atoms with Gasteiger partial charge >= 0.3 is 0 Å². The highest BCUT2D eigenvalue weighted by atomic mass is 32.2. The molecule has 1 heterocycles. The summed E-state index contributed by atoms with van der Waals surface area (Å²) in [6.07, 6.45) is 1.46. The van der Waals surface area contributed by atoms with Crippen molar-refractivity contribution < 1.29 is 4.79 Å². The van der Waals surface area contributed by atoms with Gasteiger partial charge in [0.05, 0.1) is 6.04 Å². The van der Waals surface area contributed by atoms with Gasteiger partial charge in [0.25, 0.3) is 0 Å². The lowest BCUT2D eigenvalue weighted by Crippen LogP contribution is -2.45. The molecule has 1 amide bonds. The van der Waals surface area contributed by atoms with E-state index in [4.69, 9.17) is 5.73 Å². The first-order chi connectivity index (χ1) is 9.86. The number of carbonyl (C=O) groups is 1. The van der Waals surface area contributed by atoms with E-state index in [1.54, 1.807) is 0 Å².